The summed E-state index contributed by atoms with van der Waals surface area (Å²) in [5, 5.41) is 6.79. The molecule has 0 aromatic heterocycles. The minimum atomic E-state index is -1.69. The van der Waals surface area contributed by atoms with Gasteiger partial charge in [-0.15, -0.1) is 0 Å². The van der Waals surface area contributed by atoms with Crippen LogP contribution < -0.4 is 20.9 Å². The first-order chi connectivity index (χ1) is 12.1. The Bertz CT molecular complexity index is 685. The van der Waals surface area contributed by atoms with Crippen molar-refractivity contribution in [3.8, 4) is 0 Å². The molecule has 0 spiro atoms. The van der Waals surface area contributed by atoms with E-state index in [-0.39, 0.29) is 19.1 Å². The molecule has 0 aliphatic carbocycles. The summed E-state index contributed by atoms with van der Waals surface area (Å²) in [5.41, 5.74) is -0.501. The van der Waals surface area contributed by atoms with Crippen molar-refractivity contribution in [2.45, 2.75) is 26.3 Å². The van der Waals surface area contributed by atoms with Crippen LogP contribution in [0.15, 0.2) is 12.1 Å². The van der Waals surface area contributed by atoms with Crippen LogP contribution in [0.5, 0.6) is 0 Å². The molecule has 10 heteroatoms. The first-order valence-electron chi connectivity index (χ1n) is 7.99. The van der Waals surface area contributed by atoms with Gasteiger partial charge in [0.05, 0.1) is 12.7 Å². The summed E-state index contributed by atoms with van der Waals surface area (Å²) >= 11 is 0. The predicted octanol–water partition coefficient (Wildman–Crippen LogP) is 0.181. The second-order valence-corrected chi connectivity index (χ2v) is 5.91. The van der Waals surface area contributed by atoms with E-state index >= 15 is 0 Å². The average Bonchev–Trinajstić information content (AvgIpc) is 2.54. The normalized spacial score (nSPS) is 12.8. The van der Waals surface area contributed by atoms with Gasteiger partial charge in [-0.05, 0) is 25.5 Å². The quantitative estimate of drug-likeness (QED) is 0.513. The molecule has 1 aromatic rings. The van der Waals surface area contributed by atoms with Gasteiger partial charge < -0.3 is 15.5 Å². The molecule has 0 radical (unpaired) electrons. The number of quaternary nitrogens is 1. The summed E-state index contributed by atoms with van der Waals surface area (Å²) in [6, 6.07) is 0.857. The fourth-order valence-electron chi connectivity index (χ4n) is 1.96. The van der Waals surface area contributed by atoms with E-state index < -0.39 is 41.0 Å². The van der Waals surface area contributed by atoms with E-state index in [0.29, 0.717) is 17.4 Å². The molecule has 7 nitrogen and oxygen atoms in total. The lowest BCUT2D eigenvalue weighted by atomic mass is 10.2. The Labute approximate surface area is 148 Å². The highest BCUT2D eigenvalue weighted by Gasteiger charge is 2.19. The summed E-state index contributed by atoms with van der Waals surface area (Å²) < 4.78 is 39.5. The van der Waals surface area contributed by atoms with Crippen molar-refractivity contribution in [3.63, 3.8) is 0 Å². The molecule has 26 heavy (non-hydrogen) atoms. The van der Waals surface area contributed by atoms with Crippen molar-refractivity contribution < 1.29 is 32.5 Å². The zero-order valence-corrected chi connectivity index (χ0v) is 14.7. The second-order valence-electron chi connectivity index (χ2n) is 5.91. The van der Waals surface area contributed by atoms with Crippen molar-refractivity contribution in [3.05, 3.63) is 29.6 Å². The van der Waals surface area contributed by atoms with Gasteiger partial charge in [-0.25, -0.2) is 18.0 Å². The molecule has 0 aliphatic heterocycles. The predicted molar refractivity (Wildman–Crippen MR) is 88.0 cm³/mol. The average molecular weight is 375 g/mol. The first kappa shape index (κ1) is 21.4. The molecule has 0 heterocycles. The highest BCUT2D eigenvalue weighted by atomic mass is 19.2. The van der Waals surface area contributed by atoms with E-state index in [1.54, 1.807) is 6.92 Å². The van der Waals surface area contributed by atoms with Gasteiger partial charge in [-0.1, -0.05) is 6.92 Å². The standard InChI is InChI=1S/C16H21F3N4O3/c1-4-9(2)20-16(26)22-13(25)8-23(3)7-12(24)21-11-6-5-10(17)14(18)15(11)19/h5-6,9H,4,7-8H2,1-3H3,(H,21,24)(H2,20,22,25,26)/p+1/t9-/m1/s1. The van der Waals surface area contributed by atoms with E-state index in [1.807, 2.05) is 6.92 Å². The van der Waals surface area contributed by atoms with Crippen LogP contribution in [0.3, 0.4) is 0 Å². The molecule has 0 saturated carbocycles. The van der Waals surface area contributed by atoms with Crippen LogP contribution >= 0.6 is 0 Å². The van der Waals surface area contributed by atoms with Crippen molar-refractivity contribution in [1.29, 1.82) is 0 Å². The van der Waals surface area contributed by atoms with E-state index in [0.717, 1.165) is 6.07 Å². The molecule has 0 aliphatic rings. The Morgan fingerprint density at radius 1 is 1.08 bits per heavy atom. The molecule has 0 bridgehead atoms. The monoisotopic (exact) mass is 375 g/mol. The largest absolute Gasteiger partial charge is 0.335 e. The number of benzene rings is 1. The summed E-state index contributed by atoms with van der Waals surface area (Å²) in [6.45, 7) is 3.21. The molecular formula is C16H22F3N4O3+. The van der Waals surface area contributed by atoms with Gasteiger partial charge in [0.2, 0.25) is 0 Å². The minimum Gasteiger partial charge on any atom is -0.335 e. The Hall–Kier alpha value is -2.62. The lowest BCUT2D eigenvalue weighted by molar-refractivity contribution is -0.862. The molecule has 2 atom stereocenters. The smallest absolute Gasteiger partial charge is 0.321 e. The topological polar surface area (TPSA) is 91.7 Å². The molecular weight excluding hydrogens is 353 g/mol. The van der Waals surface area contributed by atoms with Crippen LogP contribution in [0, 0.1) is 17.5 Å². The number of imide groups is 1. The number of carbonyl (C=O) groups is 3. The number of urea groups is 1. The van der Waals surface area contributed by atoms with Gasteiger partial charge in [-0.2, -0.15) is 0 Å². The van der Waals surface area contributed by atoms with E-state index in [2.05, 4.69) is 16.0 Å². The molecule has 1 unspecified atom stereocenters. The number of halogens is 3. The summed E-state index contributed by atoms with van der Waals surface area (Å²) in [6.07, 6.45) is 0.702. The van der Waals surface area contributed by atoms with E-state index in [1.165, 1.54) is 7.05 Å². The van der Waals surface area contributed by atoms with Crippen molar-refractivity contribution in [1.82, 2.24) is 10.6 Å². The zero-order valence-electron chi connectivity index (χ0n) is 14.7. The number of hydrogen-bond acceptors (Lipinski definition) is 3. The second kappa shape index (κ2) is 9.76. The maximum Gasteiger partial charge on any atom is 0.321 e. The van der Waals surface area contributed by atoms with Gasteiger partial charge in [0.1, 0.15) is 0 Å². The van der Waals surface area contributed by atoms with Crippen LogP contribution in [0.4, 0.5) is 23.7 Å². The minimum absolute atomic E-state index is 0.0929. The highest BCUT2D eigenvalue weighted by Crippen LogP contribution is 2.19. The fourth-order valence-corrected chi connectivity index (χ4v) is 1.96. The summed E-state index contributed by atoms with van der Waals surface area (Å²) in [5.74, 6) is -5.86. The Morgan fingerprint density at radius 2 is 1.69 bits per heavy atom. The highest BCUT2D eigenvalue weighted by molar-refractivity contribution is 5.95. The Kier molecular flexibility index (Phi) is 8.04. The summed E-state index contributed by atoms with van der Waals surface area (Å²) in [4.78, 5) is 35.5. The van der Waals surface area contributed by atoms with Gasteiger partial charge in [0.25, 0.3) is 11.8 Å². The summed E-state index contributed by atoms with van der Waals surface area (Å²) in [7, 11) is 1.51. The van der Waals surface area contributed by atoms with E-state index in [4.69, 9.17) is 0 Å². The van der Waals surface area contributed by atoms with Crippen LogP contribution in [0.25, 0.3) is 0 Å². The maximum absolute atomic E-state index is 13.5. The molecule has 1 rings (SSSR count). The SMILES string of the molecule is CC[C@@H](C)NC(=O)NC(=O)C[NH+](C)CC(=O)Nc1ccc(F)c(F)c1F. The maximum atomic E-state index is 13.5. The number of rotatable bonds is 7. The lowest BCUT2D eigenvalue weighted by Gasteiger charge is -2.15. The van der Waals surface area contributed by atoms with Gasteiger partial charge in [0, 0.05) is 6.04 Å². The number of likely N-dealkylation sites (N-methyl/N-ethyl adjacent to an activating group) is 1. The third-order valence-electron chi connectivity index (χ3n) is 3.48. The molecule has 4 amide bonds. The molecule has 0 saturated heterocycles. The van der Waals surface area contributed by atoms with Gasteiger partial charge in [0.15, 0.2) is 30.5 Å². The Balaban J connectivity index is 2.48. The number of amides is 4. The van der Waals surface area contributed by atoms with E-state index in [9.17, 15) is 27.6 Å². The van der Waals surface area contributed by atoms with Crippen molar-refractivity contribution in [2.24, 2.45) is 0 Å². The van der Waals surface area contributed by atoms with Gasteiger partial charge in [-0.3, -0.25) is 14.9 Å². The number of hydrogen-bond donors (Lipinski definition) is 4. The zero-order chi connectivity index (χ0) is 19.9. The number of nitrogens with one attached hydrogen (secondary N) is 4. The molecule has 4 N–H and O–H groups in total. The molecule has 144 valence electrons. The fraction of sp³-hybridized carbons (Fsp3) is 0.438. The number of anilines is 1. The third kappa shape index (κ3) is 6.71. The van der Waals surface area contributed by atoms with Crippen LogP contribution in [-0.4, -0.2) is 44.0 Å². The molecule has 1 aromatic carbocycles. The van der Waals surface area contributed by atoms with Crippen LogP contribution in [-0.2, 0) is 9.59 Å². The van der Waals surface area contributed by atoms with Gasteiger partial charge >= 0.3 is 6.03 Å². The Morgan fingerprint density at radius 3 is 2.31 bits per heavy atom. The first-order valence-corrected chi connectivity index (χ1v) is 7.99. The lowest BCUT2D eigenvalue weighted by Crippen LogP contribution is -3.11. The van der Waals surface area contributed by atoms with Crippen LogP contribution in [0.2, 0.25) is 0 Å². The van der Waals surface area contributed by atoms with Crippen molar-refractivity contribution >= 4 is 23.5 Å². The third-order valence-corrected chi connectivity index (χ3v) is 3.48. The number of carbonyl (C=O) groups excluding carboxylic acids is 3. The van der Waals surface area contributed by atoms with Crippen LogP contribution in [0.1, 0.15) is 20.3 Å². The molecule has 0 fully saturated rings. The van der Waals surface area contributed by atoms with Crippen molar-refractivity contribution in [2.75, 3.05) is 25.5 Å².